The number of nitrogens with one attached hydrogen (secondary N) is 1. The molecule has 1 aromatic heterocycles. The lowest BCUT2D eigenvalue weighted by molar-refractivity contribution is 0.628. The Labute approximate surface area is 108 Å². The third kappa shape index (κ3) is 2.36. The highest BCUT2D eigenvalue weighted by atomic mass is 32.2. The Hall–Kier alpha value is -1.88. The number of hydrogen-bond acceptors (Lipinski definition) is 4. The van der Waals surface area contributed by atoms with Gasteiger partial charge in [0.05, 0.1) is 6.54 Å². The molecule has 0 fully saturated rings. The zero-order valence-corrected chi connectivity index (χ0v) is 10.2. The van der Waals surface area contributed by atoms with Crippen LogP contribution in [0.25, 0.3) is 0 Å². The fourth-order valence-corrected chi connectivity index (χ4v) is 2.53. The Balaban J connectivity index is 1.78. The number of nitrogens with zero attached hydrogens (tertiary/aromatic N) is 2. The second-order valence-electron chi connectivity index (χ2n) is 3.83. The molecule has 0 saturated carbocycles. The van der Waals surface area contributed by atoms with Gasteiger partial charge in [0.2, 0.25) is 0 Å². The van der Waals surface area contributed by atoms with Gasteiger partial charge in [-0.2, -0.15) is 0 Å². The lowest BCUT2D eigenvalue weighted by atomic mass is 10.3. The minimum absolute atomic E-state index is 0.264. The predicted octanol–water partition coefficient (Wildman–Crippen LogP) is 3.29. The highest BCUT2D eigenvalue weighted by Gasteiger charge is 2.14. The Kier molecular flexibility index (Phi) is 2.98. The van der Waals surface area contributed by atoms with E-state index in [0.717, 1.165) is 15.8 Å². The molecule has 3 rings (SSSR count). The van der Waals surface area contributed by atoms with Crippen molar-refractivity contribution < 1.29 is 4.39 Å². The topological polar surface area (TPSA) is 37.3 Å². The van der Waals surface area contributed by atoms with Crippen molar-refractivity contribution in [2.75, 3.05) is 5.32 Å². The molecule has 5 heteroatoms. The van der Waals surface area contributed by atoms with Crippen molar-refractivity contribution in [3.63, 3.8) is 0 Å². The van der Waals surface area contributed by atoms with E-state index in [0.29, 0.717) is 12.2 Å². The maximum Gasteiger partial charge on any atom is 0.167 e. The summed E-state index contributed by atoms with van der Waals surface area (Å²) in [6.45, 7) is 0.605. The van der Waals surface area contributed by atoms with Crippen LogP contribution in [0.3, 0.4) is 0 Å². The monoisotopic (exact) mass is 259 g/mol. The summed E-state index contributed by atoms with van der Waals surface area (Å²) in [6, 6.07) is 10.2. The first kappa shape index (κ1) is 11.2. The first-order valence-corrected chi connectivity index (χ1v) is 6.32. The van der Waals surface area contributed by atoms with E-state index in [-0.39, 0.29) is 5.82 Å². The molecule has 0 unspecified atom stereocenters. The van der Waals surface area contributed by atoms with E-state index < -0.39 is 0 Å². The number of aromatic nitrogens is 1. The summed E-state index contributed by atoms with van der Waals surface area (Å²) in [5.74, 6) is -0.264. The molecule has 2 heterocycles. The van der Waals surface area contributed by atoms with Crippen molar-refractivity contribution in [3.8, 4) is 0 Å². The number of halogens is 1. The average molecular weight is 259 g/mol. The number of aliphatic imine (C=N–C) groups is 1. The lowest BCUT2D eigenvalue weighted by Gasteiger charge is -2.15. The molecule has 90 valence electrons. The predicted molar refractivity (Wildman–Crippen MR) is 71.3 cm³/mol. The molecule has 0 saturated heterocycles. The van der Waals surface area contributed by atoms with Gasteiger partial charge in [0.15, 0.2) is 5.17 Å². The third-order valence-corrected chi connectivity index (χ3v) is 3.50. The number of amidine groups is 1. The molecule has 0 aliphatic carbocycles. The number of thioether (sulfide) groups is 1. The van der Waals surface area contributed by atoms with Crippen LogP contribution in [0.4, 0.5) is 10.1 Å². The molecular weight excluding hydrogens is 249 g/mol. The van der Waals surface area contributed by atoms with E-state index >= 15 is 0 Å². The van der Waals surface area contributed by atoms with Crippen LogP contribution >= 0.6 is 11.8 Å². The molecule has 0 bridgehead atoms. The third-order valence-electron chi connectivity index (χ3n) is 2.51. The molecule has 0 radical (unpaired) electrons. The Morgan fingerprint density at radius 2 is 2.17 bits per heavy atom. The van der Waals surface area contributed by atoms with E-state index in [9.17, 15) is 4.39 Å². The lowest BCUT2D eigenvalue weighted by Crippen LogP contribution is -2.12. The van der Waals surface area contributed by atoms with E-state index in [1.807, 2.05) is 12.1 Å². The zero-order chi connectivity index (χ0) is 12.4. The number of anilines is 1. The molecule has 1 aromatic carbocycles. The van der Waals surface area contributed by atoms with Crippen molar-refractivity contribution in [1.82, 2.24) is 4.98 Å². The van der Waals surface area contributed by atoms with Crippen molar-refractivity contribution in [1.29, 1.82) is 0 Å². The SMILES string of the molecule is Fc1cccc(NC2=NCc3cccnc3S2)c1. The van der Waals surface area contributed by atoms with Gasteiger partial charge in [0, 0.05) is 17.4 Å². The molecule has 2 aromatic rings. The Bertz CT molecular complexity index is 613. The summed E-state index contributed by atoms with van der Waals surface area (Å²) in [5.41, 5.74) is 1.81. The van der Waals surface area contributed by atoms with Crippen LogP contribution in [0.5, 0.6) is 0 Å². The molecule has 1 aliphatic rings. The van der Waals surface area contributed by atoms with Crippen LogP contribution in [-0.2, 0) is 6.54 Å². The van der Waals surface area contributed by atoms with E-state index in [1.165, 1.54) is 23.9 Å². The van der Waals surface area contributed by atoms with Crippen LogP contribution in [-0.4, -0.2) is 10.2 Å². The first-order chi connectivity index (χ1) is 8.81. The Morgan fingerprint density at radius 3 is 3.06 bits per heavy atom. The molecular formula is C13H10FN3S. The zero-order valence-electron chi connectivity index (χ0n) is 9.43. The summed E-state index contributed by atoms with van der Waals surface area (Å²) >= 11 is 1.46. The fourth-order valence-electron chi connectivity index (χ4n) is 1.67. The molecule has 3 nitrogen and oxygen atoms in total. The maximum atomic E-state index is 13.1. The van der Waals surface area contributed by atoms with Gasteiger partial charge in [-0.15, -0.1) is 0 Å². The quantitative estimate of drug-likeness (QED) is 0.853. The number of rotatable bonds is 1. The second-order valence-corrected chi connectivity index (χ2v) is 4.80. The van der Waals surface area contributed by atoms with Gasteiger partial charge in [-0.3, -0.25) is 4.99 Å². The molecule has 1 aliphatic heterocycles. The van der Waals surface area contributed by atoms with Crippen molar-refractivity contribution in [3.05, 3.63) is 54.0 Å². The largest absolute Gasteiger partial charge is 0.335 e. The van der Waals surface area contributed by atoms with Crippen molar-refractivity contribution >= 4 is 22.6 Å². The molecule has 18 heavy (non-hydrogen) atoms. The normalized spacial score (nSPS) is 13.7. The Morgan fingerprint density at radius 1 is 1.22 bits per heavy atom. The minimum atomic E-state index is -0.264. The van der Waals surface area contributed by atoms with Crippen LogP contribution in [0.15, 0.2) is 52.6 Å². The second kappa shape index (κ2) is 4.78. The average Bonchev–Trinajstić information content (AvgIpc) is 2.39. The van der Waals surface area contributed by atoms with E-state index in [2.05, 4.69) is 15.3 Å². The first-order valence-electron chi connectivity index (χ1n) is 5.50. The fraction of sp³-hybridized carbons (Fsp3) is 0.0769. The van der Waals surface area contributed by atoms with Gasteiger partial charge in [0.1, 0.15) is 10.8 Å². The van der Waals surface area contributed by atoms with Gasteiger partial charge >= 0.3 is 0 Å². The number of benzene rings is 1. The van der Waals surface area contributed by atoms with Crippen LogP contribution < -0.4 is 5.32 Å². The van der Waals surface area contributed by atoms with Crippen LogP contribution in [0.1, 0.15) is 5.56 Å². The van der Waals surface area contributed by atoms with Crippen molar-refractivity contribution in [2.24, 2.45) is 4.99 Å². The van der Waals surface area contributed by atoms with Gasteiger partial charge in [-0.1, -0.05) is 12.1 Å². The molecule has 0 spiro atoms. The highest BCUT2D eigenvalue weighted by Crippen LogP contribution is 2.27. The summed E-state index contributed by atoms with van der Waals surface area (Å²) < 4.78 is 13.1. The highest BCUT2D eigenvalue weighted by molar-refractivity contribution is 8.14. The molecule has 0 amide bonds. The van der Waals surface area contributed by atoms with Gasteiger partial charge < -0.3 is 5.32 Å². The number of pyridine rings is 1. The maximum absolute atomic E-state index is 13.1. The smallest absolute Gasteiger partial charge is 0.167 e. The van der Waals surface area contributed by atoms with Gasteiger partial charge in [-0.25, -0.2) is 9.37 Å². The van der Waals surface area contributed by atoms with E-state index in [4.69, 9.17) is 0 Å². The van der Waals surface area contributed by atoms with Gasteiger partial charge in [0.25, 0.3) is 0 Å². The van der Waals surface area contributed by atoms with E-state index in [1.54, 1.807) is 18.3 Å². The number of hydrogen-bond donors (Lipinski definition) is 1. The summed E-state index contributed by atoms with van der Waals surface area (Å²) in [5, 5.41) is 4.79. The molecule has 0 atom stereocenters. The van der Waals surface area contributed by atoms with Crippen LogP contribution in [0.2, 0.25) is 0 Å². The summed E-state index contributed by atoms with van der Waals surface area (Å²) in [6.07, 6.45) is 1.76. The molecule has 1 N–H and O–H groups in total. The summed E-state index contributed by atoms with van der Waals surface area (Å²) in [4.78, 5) is 8.70. The standard InChI is InChI=1S/C13H10FN3S/c14-10-4-1-5-11(7-10)17-13-16-8-9-3-2-6-15-12(9)18-13/h1-7H,8H2,(H,16,17). The van der Waals surface area contributed by atoms with Crippen molar-refractivity contribution in [2.45, 2.75) is 11.6 Å². The minimum Gasteiger partial charge on any atom is -0.335 e. The summed E-state index contributed by atoms with van der Waals surface area (Å²) in [7, 11) is 0. The number of fused-ring (bicyclic) bond motifs is 1. The van der Waals surface area contributed by atoms with Crippen LogP contribution in [0, 0.1) is 5.82 Å². The van der Waals surface area contributed by atoms with Gasteiger partial charge in [-0.05, 0) is 36.0 Å².